The molecule has 2 nitrogen and oxygen atoms in total. The number of benzene rings is 1. The minimum absolute atomic E-state index is 0.645. The van der Waals surface area contributed by atoms with Crippen molar-refractivity contribution in [2.75, 3.05) is 0 Å². The van der Waals surface area contributed by atoms with Crippen LogP contribution >= 0.6 is 15.9 Å². The lowest BCUT2D eigenvalue weighted by atomic mass is 9.80. The molecule has 2 N–H and O–H groups in total. The van der Waals surface area contributed by atoms with Crippen molar-refractivity contribution in [2.24, 2.45) is 5.73 Å². The number of halogens is 1. The smallest absolute Gasteiger partial charge is 0.140 e. The zero-order valence-corrected chi connectivity index (χ0v) is 9.38. The van der Waals surface area contributed by atoms with Gasteiger partial charge in [0.15, 0.2) is 0 Å². The number of hydrogen-bond acceptors (Lipinski definition) is 2. The predicted molar refractivity (Wildman–Crippen MR) is 59.1 cm³/mol. The van der Waals surface area contributed by atoms with Crippen LogP contribution in [0.5, 0.6) is 0 Å². The molecule has 1 unspecified atom stereocenters. The molecule has 2 rings (SSSR count). The Bertz CT molecular complexity index is 378. The van der Waals surface area contributed by atoms with Gasteiger partial charge in [0.1, 0.15) is 6.29 Å². The SMILES string of the molecule is NC1(C=O)CCc2c(Br)cccc2C1. The lowest BCUT2D eigenvalue weighted by molar-refractivity contribution is -0.112. The fourth-order valence-corrected chi connectivity index (χ4v) is 2.56. The summed E-state index contributed by atoms with van der Waals surface area (Å²) in [6, 6.07) is 6.06. The first-order valence-electron chi connectivity index (χ1n) is 4.66. The lowest BCUT2D eigenvalue weighted by Crippen LogP contribution is -2.46. The molecule has 0 radical (unpaired) electrons. The summed E-state index contributed by atoms with van der Waals surface area (Å²) in [5, 5.41) is 0. The summed E-state index contributed by atoms with van der Waals surface area (Å²) in [6.45, 7) is 0. The minimum atomic E-state index is -0.645. The van der Waals surface area contributed by atoms with E-state index in [2.05, 4.69) is 15.9 Å². The zero-order chi connectivity index (χ0) is 10.2. The molecule has 0 bridgehead atoms. The number of carbonyl (C=O) groups is 1. The number of fused-ring (bicyclic) bond motifs is 1. The molecule has 0 saturated carbocycles. The van der Waals surface area contributed by atoms with Crippen molar-refractivity contribution >= 4 is 22.2 Å². The largest absolute Gasteiger partial charge is 0.319 e. The monoisotopic (exact) mass is 253 g/mol. The van der Waals surface area contributed by atoms with Crippen LogP contribution in [-0.4, -0.2) is 11.8 Å². The number of rotatable bonds is 1. The van der Waals surface area contributed by atoms with Gasteiger partial charge >= 0.3 is 0 Å². The van der Waals surface area contributed by atoms with E-state index in [1.54, 1.807) is 0 Å². The summed E-state index contributed by atoms with van der Waals surface area (Å²) in [5.74, 6) is 0. The molecule has 1 aliphatic rings. The highest BCUT2D eigenvalue weighted by atomic mass is 79.9. The number of aldehydes is 1. The molecular weight excluding hydrogens is 242 g/mol. The Morgan fingerprint density at radius 1 is 1.50 bits per heavy atom. The molecular formula is C11H12BrNO. The maximum atomic E-state index is 10.8. The second-order valence-electron chi connectivity index (χ2n) is 3.91. The second-order valence-corrected chi connectivity index (χ2v) is 4.76. The van der Waals surface area contributed by atoms with E-state index in [9.17, 15) is 4.79 Å². The Morgan fingerprint density at radius 2 is 2.29 bits per heavy atom. The van der Waals surface area contributed by atoms with Crippen molar-refractivity contribution in [1.82, 2.24) is 0 Å². The first-order chi connectivity index (χ1) is 6.64. The van der Waals surface area contributed by atoms with E-state index in [-0.39, 0.29) is 0 Å². The molecule has 0 fully saturated rings. The highest BCUT2D eigenvalue weighted by Gasteiger charge is 2.30. The number of nitrogens with two attached hydrogens (primary N) is 1. The van der Waals surface area contributed by atoms with Crippen LogP contribution < -0.4 is 5.73 Å². The molecule has 1 aliphatic carbocycles. The van der Waals surface area contributed by atoms with Crippen molar-refractivity contribution in [3.05, 3.63) is 33.8 Å². The first-order valence-corrected chi connectivity index (χ1v) is 5.45. The molecule has 1 atom stereocenters. The van der Waals surface area contributed by atoms with Crippen LogP contribution in [-0.2, 0) is 17.6 Å². The van der Waals surface area contributed by atoms with Gasteiger partial charge in [-0.15, -0.1) is 0 Å². The van der Waals surface area contributed by atoms with Gasteiger partial charge in [0.2, 0.25) is 0 Å². The van der Waals surface area contributed by atoms with Crippen LogP contribution in [0, 0.1) is 0 Å². The average Bonchev–Trinajstić information content (AvgIpc) is 2.18. The Balaban J connectivity index is 2.41. The van der Waals surface area contributed by atoms with E-state index < -0.39 is 5.54 Å². The van der Waals surface area contributed by atoms with E-state index in [0.29, 0.717) is 6.42 Å². The van der Waals surface area contributed by atoms with Gasteiger partial charge in [0.05, 0.1) is 5.54 Å². The van der Waals surface area contributed by atoms with Crippen LogP contribution in [0.1, 0.15) is 17.5 Å². The van der Waals surface area contributed by atoms with Crippen molar-refractivity contribution in [3.8, 4) is 0 Å². The third-order valence-corrected chi connectivity index (χ3v) is 3.55. The highest BCUT2D eigenvalue weighted by Crippen LogP contribution is 2.30. The molecule has 0 aromatic heterocycles. The summed E-state index contributed by atoms with van der Waals surface area (Å²) < 4.78 is 1.13. The van der Waals surface area contributed by atoms with Gasteiger partial charge in [0, 0.05) is 4.47 Å². The summed E-state index contributed by atoms with van der Waals surface area (Å²) >= 11 is 3.51. The lowest BCUT2D eigenvalue weighted by Gasteiger charge is -2.30. The molecule has 3 heteroatoms. The molecule has 1 aromatic rings. The van der Waals surface area contributed by atoms with Gasteiger partial charge in [-0.2, -0.15) is 0 Å². The molecule has 0 aliphatic heterocycles. The van der Waals surface area contributed by atoms with E-state index in [1.807, 2.05) is 18.2 Å². The Morgan fingerprint density at radius 3 is 3.00 bits per heavy atom. The van der Waals surface area contributed by atoms with E-state index in [1.165, 1.54) is 11.1 Å². The van der Waals surface area contributed by atoms with Gasteiger partial charge in [-0.3, -0.25) is 0 Å². The van der Waals surface area contributed by atoms with Crippen molar-refractivity contribution in [3.63, 3.8) is 0 Å². The van der Waals surface area contributed by atoms with Gasteiger partial charge < -0.3 is 10.5 Å². The van der Waals surface area contributed by atoms with Crippen molar-refractivity contribution in [2.45, 2.75) is 24.8 Å². The Labute approximate surface area is 91.6 Å². The van der Waals surface area contributed by atoms with Gasteiger partial charge in [-0.05, 0) is 36.5 Å². The van der Waals surface area contributed by atoms with Gasteiger partial charge in [0.25, 0.3) is 0 Å². The van der Waals surface area contributed by atoms with Crippen molar-refractivity contribution in [1.29, 1.82) is 0 Å². The maximum absolute atomic E-state index is 10.8. The highest BCUT2D eigenvalue weighted by molar-refractivity contribution is 9.10. The van der Waals surface area contributed by atoms with Crippen LogP contribution in [0.4, 0.5) is 0 Å². The minimum Gasteiger partial charge on any atom is -0.319 e. The molecule has 0 heterocycles. The third-order valence-electron chi connectivity index (χ3n) is 2.81. The number of hydrogen-bond donors (Lipinski definition) is 1. The molecule has 1 aromatic carbocycles. The van der Waals surface area contributed by atoms with E-state index >= 15 is 0 Å². The van der Waals surface area contributed by atoms with E-state index in [0.717, 1.165) is 23.6 Å². The number of carbonyl (C=O) groups excluding carboxylic acids is 1. The Kier molecular flexibility index (Phi) is 2.45. The molecule has 0 amide bonds. The standard InChI is InChI=1S/C11H12BrNO/c12-10-3-1-2-8-6-11(13,7-14)5-4-9(8)10/h1-3,7H,4-6,13H2. The first kappa shape index (κ1) is 9.87. The maximum Gasteiger partial charge on any atom is 0.140 e. The molecule has 0 spiro atoms. The Hall–Kier alpha value is -0.670. The quantitative estimate of drug-likeness (QED) is 0.777. The summed E-state index contributed by atoms with van der Waals surface area (Å²) in [4.78, 5) is 10.8. The fraction of sp³-hybridized carbons (Fsp3) is 0.364. The van der Waals surface area contributed by atoms with Gasteiger partial charge in [-0.25, -0.2) is 0 Å². The molecule has 0 saturated heterocycles. The predicted octanol–water partition coefficient (Wildman–Crippen LogP) is 1.83. The second kappa shape index (κ2) is 3.48. The topological polar surface area (TPSA) is 43.1 Å². The van der Waals surface area contributed by atoms with Crippen LogP contribution in [0.2, 0.25) is 0 Å². The van der Waals surface area contributed by atoms with Crippen LogP contribution in [0.15, 0.2) is 22.7 Å². The summed E-state index contributed by atoms with van der Waals surface area (Å²) in [5.41, 5.74) is 7.79. The van der Waals surface area contributed by atoms with E-state index in [4.69, 9.17) is 5.73 Å². The average molecular weight is 254 g/mol. The van der Waals surface area contributed by atoms with Crippen LogP contribution in [0.3, 0.4) is 0 Å². The van der Waals surface area contributed by atoms with Gasteiger partial charge in [-0.1, -0.05) is 28.1 Å². The zero-order valence-electron chi connectivity index (χ0n) is 7.79. The fourth-order valence-electron chi connectivity index (χ4n) is 1.95. The molecule has 74 valence electrons. The third kappa shape index (κ3) is 1.62. The normalized spacial score (nSPS) is 25.6. The summed E-state index contributed by atoms with van der Waals surface area (Å²) in [6.07, 6.45) is 3.17. The molecule has 14 heavy (non-hydrogen) atoms. The summed E-state index contributed by atoms with van der Waals surface area (Å²) in [7, 11) is 0. The van der Waals surface area contributed by atoms with Crippen molar-refractivity contribution < 1.29 is 4.79 Å². The van der Waals surface area contributed by atoms with Crippen LogP contribution in [0.25, 0.3) is 0 Å².